The van der Waals surface area contributed by atoms with Crippen LogP contribution in [0.3, 0.4) is 0 Å². The minimum atomic E-state index is -3.35. The fraction of sp³-hybridized carbons (Fsp3) is 0.583. The third-order valence-corrected chi connectivity index (χ3v) is 4.83. The van der Waals surface area contributed by atoms with E-state index in [-0.39, 0.29) is 11.9 Å². The molecule has 0 atom stereocenters. The van der Waals surface area contributed by atoms with Crippen LogP contribution < -0.4 is 4.89 Å². The Labute approximate surface area is 108 Å². The van der Waals surface area contributed by atoms with Crippen LogP contribution in [0.4, 0.5) is 0 Å². The van der Waals surface area contributed by atoms with Crippen molar-refractivity contribution in [1.82, 2.24) is 9.87 Å². The predicted octanol–water partition coefficient (Wildman–Crippen LogP) is 1.77. The van der Waals surface area contributed by atoms with Gasteiger partial charge in [0.1, 0.15) is 0 Å². The van der Waals surface area contributed by atoms with Crippen LogP contribution in [0, 0.1) is 0 Å². The first-order chi connectivity index (χ1) is 8.68. The van der Waals surface area contributed by atoms with Gasteiger partial charge >= 0.3 is 0 Å². The Kier molecular flexibility index (Phi) is 4.68. The largest absolute Gasteiger partial charge is 0.282 e. The lowest BCUT2D eigenvalue weighted by molar-refractivity contribution is 0.0782. The number of nitrogens with zero attached hydrogens (tertiary/aromatic N) is 1. The lowest BCUT2D eigenvalue weighted by atomic mass is 10.0. The molecule has 1 aliphatic rings. The smallest absolute Gasteiger partial charge is 0.236 e. The molecule has 100 valence electrons. The SMILES string of the molecule is O=S(=O)(NOCc1cccnc1)C1CCCCC1. The van der Waals surface area contributed by atoms with Crippen LogP contribution in [0.5, 0.6) is 0 Å². The van der Waals surface area contributed by atoms with E-state index < -0.39 is 10.0 Å². The van der Waals surface area contributed by atoms with Crippen molar-refractivity contribution in [1.29, 1.82) is 0 Å². The molecule has 1 fully saturated rings. The van der Waals surface area contributed by atoms with Gasteiger partial charge in [-0.25, -0.2) is 8.42 Å². The van der Waals surface area contributed by atoms with Crippen LogP contribution >= 0.6 is 0 Å². The number of pyridine rings is 1. The maximum Gasteiger partial charge on any atom is 0.236 e. The molecule has 6 heteroatoms. The summed E-state index contributed by atoms with van der Waals surface area (Å²) in [5, 5.41) is -0.305. The van der Waals surface area contributed by atoms with Gasteiger partial charge in [-0.2, -0.15) is 0 Å². The maximum atomic E-state index is 11.9. The summed E-state index contributed by atoms with van der Waals surface area (Å²) in [4.78, 5) is 11.2. The molecule has 0 aromatic carbocycles. The number of sulfonamides is 1. The standard InChI is InChI=1S/C12H18N2O3S/c15-18(16,12-6-2-1-3-7-12)14-17-10-11-5-4-8-13-9-11/h4-5,8-9,12,14H,1-3,6-7,10H2. The van der Waals surface area contributed by atoms with Crippen LogP contribution in [-0.2, 0) is 21.5 Å². The highest BCUT2D eigenvalue weighted by Gasteiger charge is 2.27. The Morgan fingerprint density at radius 2 is 2.11 bits per heavy atom. The minimum absolute atomic E-state index is 0.194. The molecule has 2 rings (SSSR count). The van der Waals surface area contributed by atoms with Crippen LogP contribution in [-0.4, -0.2) is 18.7 Å². The average molecular weight is 270 g/mol. The quantitative estimate of drug-likeness (QED) is 0.828. The first-order valence-corrected chi connectivity index (χ1v) is 7.74. The van der Waals surface area contributed by atoms with E-state index >= 15 is 0 Å². The highest BCUT2D eigenvalue weighted by atomic mass is 32.2. The van der Waals surface area contributed by atoms with E-state index in [2.05, 4.69) is 9.87 Å². The lowest BCUT2D eigenvalue weighted by Gasteiger charge is -2.21. The van der Waals surface area contributed by atoms with Crippen LogP contribution in [0.2, 0.25) is 0 Å². The van der Waals surface area contributed by atoms with Crippen molar-refractivity contribution in [2.45, 2.75) is 44.0 Å². The molecule has 0 spiro atoms. The topological polar surface area (TPSA) is 68.3 Å². The van der Waals surface area contributed by atoms with E-state index in [1.807, 2.05) is 6.07 Å². The molecule has 18 heavy (non-hydrogen) atoms. The highest BCUT2D eigenvalue weighted by molar-refractivity contribution is 7.89. The van der Waals surface area contributed by atoms with Gasteiger partial charge in [0, 0.05) is 12.4 Å². The summed E-state index contributed by atoms with van der Waals surface area (Å²) in [6, 6.07) is 3.62. The fourth-order valence-corrected chi connectivity index (χ4v) is 3.44. The number of hydrogen-bond acceptors (Lipinski definition) is 4. The molecular formula is C12H18N2O3S. The zero-order chi connectivity index (χ0) is 12.8. The van der Waals surface area contributed by atoms with Crippen molar-refractivity contribution in [3.63, 3.8) is 0 Å². The van der Waals surface area contributed by atoms with Gasteiger partial charge in [-0.3, -0.25) is 9.82 Å². The Bertz CT molecular complexity index is 455. The molecule has 1 heterocycles. The van der Waals surface area contributed by atoms with Crippen LogP contribution in [0.1, 0.15) is 37.7 Å². The van der Waals surface area contributed by atoms with Crippen LogP contribution in [0.25, 0.3) is 0 Å². The molecule has 0 amide bonds. The summed E-state index contributed by atoms with van der Waals surface area (Å²) in [6.45, 7) is 0.194. The highest BCUT2D eigenvalue weighted by Crippen LogP contribution is 2.22. The number of aromatic nitrogens is 1. The monoisotopic (exact) mass is 270 g/mol. The van der Waals surface area contributed by atoms with Gasteiger partial charge in [-0.15, -0.1) is 0 Å². The molecule has 5 nitrogen and oxygen atoms in total. The number of hydrogen-bond donors (Lipinski definition) is 1. The normalized spacial score (nSPS) is 17.8. The van der Waals surface area contributed by atoms with Crippen molar-refractivity contribution in [3.05, 3.63) is 30.1 Å². The Balaban J connectivity index is 1.82. The van der Waals surface area contributed by atoms with Crippen molar-refractivity contribution in [2.24, 2.45) is 0 Å². The number of rotatable bonds is 5. The van der Waals surface area contributed by atoms with Gasteiger partial charge in [0.2, 0.25) is 10.0 Å². The summed E-state index contributed by atoms with van der Waals surface area (Å²) < 4.78 is 23.8. The third-order valence-electron chi connectivity index (χ3n) is 3.13. The van der Waals surface area contributed by atoms with Gasteiger partial charge in [0.15, 0.2) is 0 Å². The van der Waals surface area contributed by atoms with Gasteiger partial charge < -0.3 is 0 Å². The molecular weight excluding hydrogens is 252 g/mol. The summed E-state index contributed by atoms with van der Waals surface area (Å²) in [5.41, 5.74) is 0.837. The maximum absolute atomic E-state index is 11.9. The van der Waals surface area contributed by atoms with E-state index in [9.17, 15) is 8.42 Å². The summed E-state index contributed by atoms with van der Waals surface area (Å²) in [7, 11) is -3.35. The second kappa shape index (κ2) is 6.26. The Hall–Kier alpha value is -0.980. The van der Waals surface area contributed by atoms with Crippen molar-refractivity contribution < 1.29 is 13.3 Å². The van der Waals surface area contributed by atoms with Gasteiger partial charge in [-0.05, 0) is 24.5 Å². The molecule has 0 saturated heterocycles. The van der Waals surface area contributed by atoms with Crippen LogP contribution in [0.15, 0.2) is 24.5 Å². The van der Waals surface area contributed by atoms with Crippen molar-refractivity contribution in [2.75, 3.05) is 0 Å². The lowest BCUT2D eigenvalue weighted by Crippen LogP contribution is -2.35. The zero-order valence-electron chi connectivity index (χ0n) is 10.2. The molecule has 0 aliphatic heterocycles. The predicted molar refractivity (Wildman–Crippen MR) is 68.0 cm³/mol. The molecule has 1 N–H and O–H groups in total. The Morgan fingerprint density at radius 1 is 1.33 bits per heavy atom. The van der Waals surface area contributed by atoms with E-state index in [0.29, 0.717) is 0 Å². The van der Waals surface area contributed by atoms with E-state index in [4.69, 9.17) is 4.84 Å². The summed E-state index contributed by atoms with van der Waals surface area (Å²) in [6.07, 6.45) is 7.85. The second-order valence-electron chi connectivity index (χ2n) is 4.54. The van der Waals surface area contributed by atoms with E-state index in [0.717, 1.165) is 37.7 Å². The number of nitrogens with one attached hydrogen (secondary N) is 1. The van der Waals surface area contributed by atoms with E-state index in [1.54, 1.807) is 18.5 Å². The van der Waals surface area contributed by atoms with Gasteiger partial charge in [0.05, 0.1) is 11.9 Å². The molecule has 1 aromatic rings. The molecule has 1 aromatic heterocycles. The van der Waals surface area contributed by atoms with Crippen molar-refractivity contribution >= 4 is 10.0 Å². The zero-order valence-corrected chi connectivity index (χ0v) is 11.0. The fourth-order valence-electron chi connectivity index (χ4n) is 2.12. The van der Waals surface area contributed by atoms with Gasteiger partial charge in [-0.1, -0.05) is 30.2 Å². The third kappa shape index (κ3) is 3.76. The minimum Gasteiger partial charge on any atom is -0.282 e. The second-order valence-corrected chi connectivity index (χ2v) is 6.46. The Morgan fingerprint density at radius 3 is 2.78 bits per heavy atom. The summed E-state index contributed by atoms with van der Waals surface area (Å²) >= 11 is 0. The van der Waals surface area contributed by atoms with Crippen molar-refractivity contribution in [3.8, 4) is 0 Å². The van der Waals surface area contributed by atoms with E-state index in [1.165, 1.54) is 0 Å². The molecule has 0 unspecified atom stereocenters. The first-order valence-electron chi connectivity index (χ1n) is 6.20. The van der Waals surface area contributed by atoms with Gasteiger partial charge in [0.25, 0.3) is 0 Å². The molecule has 0 radical (unpaired) electrons. The molecule has 0 bridgehead atoms. The first kappa shape index (κ1) is 13.5. The molecule has 1 aliphatic carbocycles. The average Bonchev–Trinajstić information content (AvgIpc) is 2.41. The molecule has 1 saturated carbocycles. The summed E-state index contributed by atoms with van der Waals surface area (Å²) in [5.74, 6) is 0.